The van der Waals surface area contributed by atoms with Crippen molar-refractivity contribution in [3.05, 3.63) is 136 Å². The number of hydrogen-bond donors (Lipinski definition) is 1. The van der Waals surface area contributed by atoms with Crippen molar-refractivity contribution in [3.63, 3.8) is 0 Å². The zero-order valence-corrected chi connectivity index (χ0v) is 38.8. The van der Waals surface area contributed by atoms with Gasteiger partial charge < -0.3 is 43.2 Å². The van der Waals surface area contributed by atoms with E-state index in [4.69, 9.17) is 33.2 Å². The lowest BCUT2D eigenvalue weighted by Crippen LogP contribution is -2.70. The molecule has 1 saturated heterocycles. The Labute approximate surface area is 380 Å². The van der Waals surface area contributed by atoms with Gasteiger partial charge in [-0.1, -0.05) is 90.6 Å². The predicted octanol–water partition coefficient (Wildman–Crippen LogP) is 9.61. The number of methoxy groups -OCH3 is 4. The van der Waals surface area contributed by atoms with Gasteiger partial charge in [0.15, 0.2) is 23.0 Å². The molecule has 2 amide bonds. The summed E-state index contributed by atoms with van der Waals surface area (Å²) < 4.78 is 43.5. The molecule has 0 radical (unpaired) electrons. The van der Waals surface area contributed by atoms with Crippen LogP contribution in [0.5, 0.6) is 34.5 Å². The van der Waals surface area contributed by atoms with Crippen LogP contribution in [0.25, 0.3) is 0 Å². The van der Waals surface area contributed by atoms with Gasteiger partial charge in [0.05, 0.1) is 53.7 Å². The van der Waals surface area contributed by atoms with Crippen LogP contribution in [-0.4, -0.2) is 85.0 Å². The molecule has 0 spiro atoms. The maximum Gasteiger partial charge on any atom is 0.411 e. The average Bonchev–Trinajstić information content (AvgIpc) is 3.27. The Morgan fingerprint density at radius 2 is 1.30 bits per heavy atom. The highest BCUT2D eigenvalue weighted by atomic mass is 32.2. The smallest absolute Gasteiger partial charge is 0.411 e. The van der Waals surface area contributed by atoms with E-state index in [1.54, 1.807) is 46.8 Å². The molecule has 13 heteroatoms. The molecule has 0 aromatic heterocycles. The maximum absolute atomic E-state index is 16.0. The van der Waals surface area contributed by atoms with E-state index in [1.807, 2.05) is 103 Å². The van der Waals surface area contributed by atoms with Crippen LogP contribution in [0.2, 0.25) is 0 Å². The van der Waals surface area contributed by atoms with Crippen molar-refractivity contribution in [2.24, 2.45) is 0 Å². The normalized spacial score (nSPS) is 18.2. The van der Waals surface area contributed by atoms with Gasteiger partial charge in [-0.15, -0.1) is 0 Å². The number of aromatic hydroxyl groups is 1. The first kappa shape index (κ1) is 46.0. The van der Waals surface area contributed by atoms with Crippen molar-refractivity contribution >= 4 is 23.8 Å². The van der Waals surface area contributed by atoms with Crippen molar-refractivity contribution in [2.75, 3.05) is 35.0 Å². The van der Waals surface area contributed by atoms with Crippen LogP contribution >= 0.6 is 11.8 Å². The fourth-order valence-electron chi connectivity index (χ4n) is 8.98. The van der Waals surface area contributed by atoms with Crippen LogP contribution < -0.4 is 23.7 Å². The minimum absolute atomic E-state index is 0.0307. The standard InChI is InChI=1S/C51H58N2O10S/c1-31-43(57-6)35(26-41(54)45(31)59-8)25-38-48(55)52-39(49(64-36-23-17-12-18-24-36)53(38)50(56)63-51(3,4)5)27-37-42(40(52)30-61-28-33-19-13-10-14-20-33)47(46(60-9)32(2)44(37)58-7)62-29-34-21-15-11-16-22-34/h10-24,26,38-40,49,54H,25,27-30H2,1-9H3/t38-,39-,40?,49+/m0/s1. The number of nitrogens with zero attached hydrogens (tertiary/aromatic N) is 2. The summed E-state index contributed by atoms with van der Waals surface area (Å²) in [6.07, 6.45) is -0.398. The number of rotatable bonds is 15. The Kier molecular flexibility index (Phi) is 14.2. The molecule has 1 N–H and O–H groups in total. The number of ether oxygens (including phenoxy) is 7. The SMILES string of the molecule is COc1c(O)cc(C[C@H]2C(=O)N3C(COCc4ccccc4)c4c(c(OC)c(C)c(OC)c4OCc4ccccc4)C[C@H]3[C@@H](Sc3ccccc3)N2C(=O)OC(C)(C)C)c(OC)c1C. The van der Waals surface area contributed by atoms with E-state index in [1.165, 1.54) is 32.0 Å². The number of phenols is 1. The van der Waals surface area contributed by atoms with Crippen LogP contribution in [0, 0.1) is 13.8 Å². The number of piperazine rings is 1. The van der Waals surface area contributed by atoms with Gasteiger partial charge in [0.1, 0.15) is 35.1 Å². The van der Waals surface area contributed by atoms with Crippen molar-refractivity contribution < 1.29 is 47.9 Å². The van der Waals surface area contributed by atoms with E-state index in [2.05, 4.69) is 0 Å². The fourth-order valence-corrected chi connectivity index (χ4v) is 10.3. The summed E-state index contributed by atoms with van der Waals surface area (Å²) in [5, 5.41) is 10.5. The van der Waals surface area contributed by atoms with Gasteiger partial charge in [0, 0.05) is 39.1 Å². The van der Waals surface area contributed by atoms with E-state index in [-0.39, 0.29) is 50.1 Å². The summed E-state index contributed by atoms with van der Waals surface area (Å²) in [4.78, 5) is 35.3. The molecule has 0 saturated carbocycles. The number of fused-ring (bicyclic) bond motifs is 2. The van der Waals surface area contributed by atoms with Crippen molar-refractivity contribution in [3.8, 4) is 34.5 Å². The second-order valence-electron chi connectivity index (χ2n) is 16.9. The quantitative estimate of drug-likeness (QED) is 0.108. The summed E-state index contributed by atoms with van der Waals surface area (Å²) in [6.45, 7) is 9.70. The highest BCUT2D eigenvalue weighted by molar-refractivity contribution is 8.00. The first-order valence-corrected chi connectivity index (χ1v) is 22.2. The van der Waals surface area contributed by atoms with Gasteiger partial charge >= 0.3 is 6.09 Å². The molecule has 64 heavy (non-hydrogen) atoms. The number of amides is 2. The largest absolute Gasteiger partial charge is 0.504 e. The van der Waals surface area contributed by atoms with Gasteiger partial charge in [-0.05, 0) is 70.4 Å². The van der Waals surface area contributed by atoms with E-state index in [9.17, 15) is 9.90 Å². The van der Waals surface area contributed by atoms with Crippen molar-refractivity contribution in [1.29, 1.82) is 0 Å². The van der Waals surface area contributed by atoms with Crippen LogP contribution in [0.3, 0.4) is 0 Å². The molecule has 0 aliphatic carbocycles. The van der Waals surface area contributed by atoms with E-state index in [0.717, 1.165) is 27.1 Å². The third-order valence-corrected chi connectivity index (χ3v) is 12.9. The minimum atomic E-state index is -1.14. The van der Waals surface area contributed by atoms with E-state index in [0.29, 0.717) is 39.7 Å². The van der Waals surface area contributed by atoms with Crippen molar-refractivity contribution in [1.82, 2.24) is 9.80 Å². The summed E-state index contributed by atoms with van der Waals surface area (Å²) in [5.74, 6) is 1.78. The first-order chi connectivity index (χ1) is 30.8. The Balaban J connectivity index is 1.47. The zero-order valence-electron chi connectivity index (χ0n) is 38.0. The summed E-state index contributed by atoms with van der Waals surface area (Å²) in [5.41, 5.74) is 4.34. The van der Waals surface area contributed by atoms with Crippen LogP contribution in [0.15, 0.2) is 102 Å². The van der Waals surface area contributed by atoms with Crippen LogP contribution in [0.4, 0.5) is 4.79 Å². The Morgan fingerprint density at radius 1 is 0.734 bits per heavy atom. The molecule has 2 aliphatic rings. The molecule has 338 valence electrons. The first-order valence-electron chi connectivity index (χ1n) is 21.3. The maximum atomic E-state index is 16.0. The lowest BCUT2D eigenvalue weighted by molar-refractivity contribution is -0.154. The average molecular weight is 891 g/mol. The van der Waals surface area contributed by atoms with Gasteiger partial charge in [0.2, 0.25) is 5.91 Å². The molecule has 1 unspecified atom stereocenters. The molecule has 2 aliphatic heterocycles. The second-order valence-corrected chi connectivity index (χ2v) is 18.1. The number of carbonyl (C=O) groups is 2. The van der Waals surface area contributed by atoms with Crippen molar-refractivity contribution in [2.45, 2.75) is 94.7 Å². The van der Waals surface area contributed by atoms with Gasteiger partial charge in [-0.25, -0.2) is 4.79 Å². The lowest BCUT2D eigenvalue weighted by Gasteiger charge is -2.55. The molecular formula is C51H58N2O10S. The molecule has 2 heterocycles. The third-order valence-electron chi connectivity index (χ3n) is 11.6. The fraction of sp³-hybridized carbons (Fsp3) is 0.373. The zero-order chi connectivity index (χ0) is 45.7. The third kappa shape index (κ3) is 9.42. The molecule has 5 aromatic rings. The van der Waals surface area contributed by atoms with Crippen LogP contribution in [-0.2, 0) is 40.3 Å². The topological polar surface area (TPSA) is 125 Å². The number of benzene rings is 5. The van der Waals surface area contributed by atoms with Gasteiger partial charge in [-0.3, -0.25) is 9.69 Å². The molecular weight excluding hydrogens is 833 g/mol. The predicted molar refractivity (Wildman–Crippen MR) is 246 cm³/mol. The van der Waals surface area contributed by atoms with Crippen LogP contribution in [0.1, 0.15) is 65.8 Å². The molecule has 4 atom stereocenters. The Bertz CT molecular complexity index is 2430. The second kappa shape index (κ2) is 19.8. The number of thioether (sulfide) groups is 1. The number of carbonyl (C=O) groups excluding carboxylic acids is 2. The molecule has 1 fully saturated rings. The number of hydrogen-bond acceptors (Lipinski definition) is 11. The summed E-state index contributed by atoms with van der Waals surface area (Å²) >= 11 is 1.48. The van der Waals surface area contributed by atoms with Gasteiger partial charge in [0.25, 0.3) is 0 Å². The lowest BCUT2D eigenvalue weighted by atomic mass is 9.82. The molecule has 7 rings (SSSR count). The molecule has 5 aromatic carbocycles. The molecule has 0 bridgehead atoms. The minimum Gasteiger partial charge on any atom is -0.504 e. The molecule has 12 nitrogen and oxygen atoms in total. The number of phenolic OH excluding ortho intramolecular Hbond substituents is 1. The summed E-state index contributed by atoms with van der Waals surface area (Å²) in [7, 11) is 6.23. The monoisotopic (exact) mass is 890 g/mol. The Morgan fingerprint density at radius 3 is 1.88 bits per heavy atom. The van der Waals surface area contributed by atoms with E-state index >= 15 is 4.79 Å². The van der Waals surface area contributed by atoms with Gasteiger partial charge in [-0.2, -0.15) is 0 Å². The Hall–Kier alpha value is -6.05. The highest BCUT2D eigenvalue weighted by Crippen LogP contribution is 2.54. The summed E-state index contributed by atoms with van der Waals surface area (Å²) in [6, 6.07) is 28.5. The highest BCUT2D eigenvalue weighted by Gasteiger charge is 2.56. The van der Waals surface area contributed by atoms with E-state index < -0.39 is 35.2 Å².